The molecule has 0 unspecified atom stereocenters. The van der Waals surface area contributed by atoms with Gasteiger partial charge in [0.25, 0.3) is 0 Å². The molecule has 0 saturated heterocycles. The zero-order chi connectivity index (χ0) is 13.7. The highest BCUT2D eigenvalue weighted by atomic mass is 16.5. The van der Waals surface area contributed by atoms with Crippen LogP contribution in [0.15, 0.2) is 24.3 Å². The van der Waals surface area contributed by atoms with Crippen molar-refractivity contribution >= 4 is 17.6 Å². The lowest BCUT2D eigenvalue weighted by atomic mass is 10.3. The van der Waals surface area contributed by atoms with Gasteiger partial charge in [-0.05, 0) is 31.2 Å². The minimum absolute atomic E-state index is 0.106. The number of nitrogens with zero attached hydrogens (tertiary/aromatic N) is 3. The number of methoxy groups -OCH3 is 1. The van der Waals surface area contributed by atoms with Crippen LogP contribution in [0, 0.1) is 0 Å². The fraction of sp³-hybridized carbons (Fsp3) is 0.250. The van der Waals surface area contributed by atoms with Crippen molar-refractivity contribution in [1.82, 2.24) is 15.0 Å². The molecule has 0 bridgehead atoms. The first-order valence-corrected chi connectivity index (χ1v) is 5.76. The van der Waals surface area contributed by atoms with Crippen molar-refractivity contribution in [2.45, 2.75) is 6.92 Å². The van der Waals surface area contributed by atoms with E-state index in [1.54, 1.807) is 7.11 Å². The highest BCUT2D eigenvalue weighted by molar-refractivity contribution is 5.55. The number of anilines is 3. The highest BCUT2D eigenvalue weighted by Gasteiger charge is 2.05. The summed E-state index contributed by atoms with van der Waals surface area (Å²) in [6.07, 6.45) is 0. The Morgan fingerprint density at radius 1 is 1.16 bits per heavy atom. The van der Waals surface area contributed by atoms with E-state index in [0.29, 0.717) is 12.6 Å². The summed E-state index contributed by atoms with van der Waals surface area (Å²) in [6, 6.07) is 7.55. The lowest BCUT2D eigenvalue weighted by Gasteiger charge is -2.07. The van der Waals surface area contributed by atoms with Gasteiger partial charge in [-0.15, -0.1) is 0 Å². The molecule has 1 aromatic carbocycles. The van der Waals surface area contributed by atoms with Gasteiger partial charge in [-0.3, -0.25) is 0 Å². The molecule has 7 nitrogen and oxygen atoms in total. The highest BCUT2D eigenvalue weighted by Crippen LogP contribution is 2.19. The maximum Gasteiger partial charge on any atom is 0.323 e. The predicted octanol–water partition coefficient (Wildman–Crippen LogP) is 1.60. The zero-order valence-corrected chi connectivity index (χ0v) is 10.8. The smallest absolute Gasteiger partial charge is 0.323 e. The van der Waals surface area contributed by atoms with Crippen LogP contribution >= 0.6 is 0 Å². The monoisotopic (exact) mass is 261 g/mol. The Kier molecular flexibility index (Phi) is 3.97. The van der Waals surface area contributed by atoms with Crippen molar-refractivity contribution in [3.8, 4) is 11.8 Å². The molecule has 3 N–H and O–H groups in total. The SMILES string of the molecule is CCOc1nc(N)nc(Nc2ccc(OC)cc2)n1. The molecule has 0 aliphatic rings. The summed E-state index contributed by atoms with van der Waals surface area (Å²) in [5.41, 5.74) is 6.40. The average molecular weight is 261 g/mol. The van der Waals surface area contributed by atoms with E-state index in [2.05, 4.69) is 20.3 Å². The van der Waals surface area contributed by atoms with Crippen molar-refractivity contribution < 1.29 is 9.47 Å². The first kappa shape index (κ1) is 12.9. The molecular weight excluding hydrogens is 246 g/mol. The van der Waals surface area contributed by atoms with Gasteiger partial charge in [0.05, 0.1) is 13.7 Å². The number of nitrogen functional groups attached to an aromatic ring is 1. The third-order valence-corrected chi connectivity index (χ3v) is 2.25. The molecule has 0 radical (unpaired) electrons. The minimum atomic E-state index is 0.106. The summed E-state index contributed by atoms with van der Waals surface area (Å²) in [5, 5.41) is 3.02. The molecular formula is C12H15N5O2. The van der Waals surface area contributed by atoms with E-state index in [9.17, 15) is 0 Å². The van der Waals surface area contributed by atoms with Crippen LogP contribution in [-0.4, -0.2) is 28.7 Å². The molecule has 0 atom stereocenters. The van der Waals surface area contributed by atoms with Crippen LogP contribution in [0.1, 0.15) is 6.92 Å². The topological polar surface area (TPSA) is 95.2 Å². The summed E-state index contributed by atoms with van der Waals surface area (Å²) >= 11 is 0. The first-order valence-electron chi connectivity index (χ1n) is 5.76. The van der Waals surface area contributed by atoms with E-state index >= 15 is 0 Å². The average Bonchev–Trinajstić information content (AvgIpc) is 2.39. The second-order valence-corrected chi connectivity index (χ2v) is 3.59. The van der Waals surface area contributed by atoms with Crippen LogP contribution < -0.4 is 20.5 Å². The Labute approximate surface area is 110 Å². The molecule has 0 fully saturated rings. The van der Waals surface area contributed by atoms with Gasteiger partial charge in [0.2, 0.25) is 11.9 Å². The summed E-state index contributed by atoms with van der Waals surface area (Å²) in [5.74, 6) is 1.21. The van der Waals surface area contributed by atoms with Gasteiger partial charge in [-0.2, -0.15) is 15.0 Å². The van der Waals surface area contributed by atoms with Crippen molar-refractivity contribution in [3.05, 3.63) is 24.3 Å². The summed E-state index contributed by atoms with van der Waals surface area (Å²) < 4.78 is 10.3. The maximum atomic E-state index is 5.59. The van der Waals surface area contributed by atoms with Gasteiger partial charge in [-0.1, -0.05) is 0 Å². The fourth-order valence-corrected chi connectivity index (χ4v) is 1.43. The number of hydrogen-bond acceptors (Lipinski definition) is 7. The molecule has 0 aliphatic carbocycles. The van der Waals surface area contributed by atoms with Crippen LogP contribution in [0.3, 0.4) is 0 Å². The lowest BCUT2D eigenvalue weighted by molar-refractivity contribution is 0.312. The van der Waals surface area contributed by atoms with Gasteiger partial charge >= 0.3 is 6.01 Å². The largest absolute Gasteiger partial charge is 0.497 e. The number of aromatic nitrogens is 3. The first-order chi connectivity index (χ1) is 9.21. The van der Waals surface area contributed by atoms with Gasteiger partial charge in [0.15, 0.2) is 0 Å². The molecule has 0 aliphatic heterocycles. The summed E-state index contributed by atoms with van der Waals surface area (Å²) in [7, 11) is 1.61. The number of hydrogen-bond donors (Lipinski definition) is 2. The molecule has 0 spiro atoms. The number of benzene rings is 1. The van der Waals surface area contributed by atoms with E-state index in [4.69, 9.17) is 15.2 Å². The van der Waals surface area contributed by atoms with Crippen LogP contribution in [-0.2, 0) is 0 Å². The molecule has 100 valence electrons. The molecule has 2 rings (SSSR count). The normalized spacial score (nSPS) is 10.0. The minimum Gasteiger partial charge on any atom is -0.497 e. The fourth-order valence-electron chi connectivity index (χ4n) is 1.43. The maximum absolute atomic E-state index is 5.59. The van der Waals surface area contributed by atoms with E-state index in [1.165, 1.54) is 0 Å². The van der Waals surface area contributed by atoms with Crippen molar-refractivity contribution in [1.29, 1.82) is 0 Å². The third-order valence-electron chi connectivity index (χ3n) is 2.25. The number of nitrogens with two attached hydrogens (primary N) is 1. The number of nitrogens with one attached hydrogen (secondary N) is 1. The van der Waals surface area contributed by atoms with Crippen LogP contribution in [0.5, 0.6) is 11.8 Å². The van der Waals surface area contributed by atoms with Gasteiger partial charge in [0, 0.05) is 5.69 Å². The lowest BCUT2D eigenvalue weighted by Crippen LogP contribution is -2.06. The van der Waals surface area contributed by atoms with Crippen LogP contribution in [0.25, 0.3) is 0 Å². The zero-order valence-electron chi connectivity index (χ0n) is 10.8. The van der Waals surface area contributed by atoms with Crippen molar-refractivity contribution in [2.24, 2.45) is 0 Å². The van der Waals surface area contributed by atoms with Crippen LogP contribution in [0.2, 0.25) is 0 Å². The Hall–Kier alpha value is -2.57. The number of ether oxygens (including phenoxy) is 2. The quantitative estimate of drug-likeness (QED) is 0.844. The molecule has 1 heterocycles. The Balaban J connectivity index is 2.17. The molecule has 1 aromatic heterocycles. The molecule has 0 amide bonds. The Bertz CT molecular complexity index is 544. The predicted molar refractivity (Wildman–Crippen MR) is 71.7 cm³/mol. The summed E-state index contributed by atoms with van der Waals surface area (Å²) in [6.45, 7) is 2.31. The molecule has 2 aromatic rings. The second-order valence-electron chi connectivity index (χ2n) is 3.59. The van der Waals surface area contributed by atoms with E-state index in [0.717, 1.165) is 11.4 Å². The van der Waals surface area contributed by atoms with Crippen molar-refractivity contribution in [3.63, 3.8) is 0 Å². The van der Waals surface area contributed by atoms with E-state index in [-0.39, 0.29) is 12.0 Å². The standard InChI is InChI=1S/C12H15N5O2/c1-3-19-12-16-10(13)15-11(17-12)14-8-4-6-9(18-2)7-5-8/h4-7H,3H2,1-2H3,(H3,13,14,15,16,17). The third kappa shape index (κ3) is 3.44. The molecule has 19 heavy (non-hydrogen) atoms. The Morgan fingerprint density at radius 2 is 1.89 bits per heavy atom. The van der Waals surface area contributed by atoms with Gasteiger partial charge in [-0.25, -0.2) is 0 Å². The molecule has 0 saturated carbocycles. The van der Waals surface area contributed by atoms with E-state index < -0.39 is 0 Å². The van der Waals surface area contributed by atoms with E-state index in [1.807, 2.05) is 31.2 Å². The summed E-state index contributed by atoms with van der Waals surface area (Å²) in [4.78, 5) is 11.9. The van der Waals surface area contributed by atoms with Crippen LogP contribution in [0.4, 0.5) is 17.6 Å². The number of rotatable bonds is 5. The second kappa shape index (κ2) is 5.85. The van der Waals surface area contributed by atoms with Gasteiger partial charge < -0.3 is 20.5 Å². The van der Waals surface area contributed by atoms with Gasteiger partial charge in [0.1, 0.15) is 5.75 Å². The molecule has 7 heteroatoms. The Morgan fingerprint density at radius 3 is 2.53 bits per heavy atom. The van der Waals surface area contributed by atoms with Crippen molar-refractivity contribution in [2.75, 3.05) is 24.8 Å².